The standard InChI is InChI=1S/C17H19NO2S/c1-2-16(21-15-9-4-3-5-10-15)17(20)18-14-8-6-7-13(11-14)12-19/h3-11,16,19H,2,12H2,1H3,(H,18,20). The highest BCUT2D eigenvalue weighted by molar-refractivity contribution is 8.00. The number of nitrogens with one attached hydrogen (secondary N) is 1. The number of carbonyl (C=O) groups is 1. The number of amides is 1. The van der Waals surface area contributed by atoms with Crippen molar-refractivity contribution in [2.45, 2.75) is 30.1 Å². The number of hydrogen-bond acceptors (Lipinski definition) is 3. The minimum absolute atomic E-state index is 0.0126. The molecule has 0 aliphatic heterocycles. The summed E-state index contributed by atoms with van der Waals surface area (Å²) in [6.07, 6.45) is 0.755. The van der Waals surface area contributed by atoms with Crippen LogP contribution >= 0.6 is 11.8 Å². The molecule has 0 aromatic heterocycles. The summed E-state index contributed by atoms with van der Waals surface area (Å²) in [6, 6.07) is 17.2. The van der Waals surface area contributed by atoms with Crippen molar-refractivity contribution in [1.82, 2.24) is 0 Å². The first-order valence-corrected chi connectivity index (χ1v) is 7.83. The van der Waals surface area contributed by atoms with Gasteiger partial charge in [-0.1, -0.05) is 37.3 Å². The molecule has 1 unspecified atom stereocenters. The van der Waals surface area contributed by atoms with E-state index in [0.29, 0.717) is 0 Å². The van der Waals surface area contributed by atoms with Gasteiger partial charge in [-0.15, -0.1) is 11.8 Å². The SMILES string of the molecule is CCC(Sc1ccccc1)C(=O)Nc1cccc(CO)c1. The lowest BCUT2D eigenvalue weighted by molar-refractivity contribution is -0.115. The van der Waals surface area contributed by atoms with Crippen molar-refractivity contribution in [1.29, 1.82) is 0 Å². The second kappa shape index (κ2) is 7.86. The van der Waals surface area contributed by atoms with E-state index < -0.39 is 0 Å². The largest absolute Gasteiger partial charge is 0.392 e. The molecule has 2 N–H and O–H groups in total. The molecule has 4 heteroatoms. The minimum Gasteiger partial charge on any atom is -0.392 e. The van der Waals surface area contributed by atoms with Gasteiger partial charge >= 0.3 is 0 Å². The highest BCUT2D eigenvalue weighted by atomic mass is 32.2. The van der Waals surface area contributed by atoms with Gasteiger partial charge in [0.15, 0.2) is 0 Å². The quantitative estimate of drug-likeness (QED) is 0.800. The molecule has 0 radical (unpaired) electrons. The van der Waals surface area contributed by atoms with Crippen molar-refractivity contribution in [3.63, 3.8) is 0 Å². The van der Waals surface area contributed by atoms with E-state index in [1.807, 2.05) is 55.5 Å². The molecular weight excluding hydrogens is 282 g/mol. The molecule has 110 valence electrons. The lowest BCUT2D eigenvalue weighted by Gasteiger charge is -2.15. The van der Waals surface area contributed by atoms with Gasteiger partial charge in [0, 0.05) is 10.6 Å². The molecule has 0 heterocycles. The Morgan fingerprint density at radius 3 is 2.62 bits per heavy atom. The lowest BCUT2D eigenvalue weighted by atomic mass is 10.2. The summed E-state index contributed by atoms with van der Waals surface area (Å²) < 4.78 is 0. The van der Waals surface area contributed by atoms with E-state index in [0.717, 1.165) is 22.6 Å². The molecule has 0 fully saturated rings. The summed E-state index contributed by atoms with van der Waals surface area (Å²) in [7, 11) is 0. The Bertz CT molecular complexity index is 586. The molecule has 0 aliphatic rings. The fraction of sp³-hybridized carbons (Fsp3) is 0.235. The van der Waals surface area contributed by atoms with Gasteiger partial charge in [-0.2, -0.15) is 0 Å². The maximum Gasteiger partial charge on any atom is 0.237 e. The van der Waals surface area contributed by atoms with Crippen LogP contribution in [-0.4, -0.2) is 16.3 Å². The molecule has 0 bridgehead atoms. The van der Waals surface area contributed by atoms with Gasteiger partial charge in [-0.3, -0.25) is 4.79 Å². The monoisotopic (exact) mass is 301 g/mol. The van der Waals surface area contributed by atoms with Crippen molar-refractivity contribution in [2.24, 2.45) is 0 Å². The maximum atomic E-state index is 12.4. The Labute approximate surface area is 129 Å². The highest BCUT2D eigenvalue weighted by Gasteiger charge is 2.17. The fourth-order valence-electron chi connectivity index (χ4n) is 1.96. The number of thioether (sulfide) groups is 1. The molecule has 0 aliphatic carbocycles. The van der Waals surface area contributed by atoms with Crippen LogP contribution in [0.5, 0.6) is 0 Å². The summed E-state index contributed by atoms with van der Waals surface area (Å²) in [5, 5.41) is 11.9. The second-order valence-electron chi connectivity index (χ2n) is 4.68. The van der Waals surface area contributed by atoms with Crippen molar-refractivity contribution >= 4 is 23.4 Å². The first kappa shape index (κ1) is 15.6. The normalized spacial score (nSPS) is 11.9. The average Bonchev–Trinajstić information content (AvgIpc) is 2.53. The van der Waals surface area contributed by atoms with Crippen LogP contribution in [0.2, 0.25) is 0 Å². The van der Waals surface area contributed by atoms with E-state index in [1.165, 1.54) is 0 Å². The van der Waals surface area contributed by atoms with Crippen molar-refractivity contribution in [2.75, 3.05) is 5.32 Å². The van der Waals surface area contributed by atoms with E-state index in [9.17, 15) is 4.79 Å². The van der Waals surface area contributed by atoms with E-state index in [4.69, 9.17) is 5.11 Å². The third kappa shape index (κ3) is 4.62. The predicted octanol–water partition coefficient (Wildman–Crippen LogP) is 3.69. The third-order valence-electron chi connectivity index (χ3n) is 3.06. The van der Waals surface area contributed by atoms with Gasteiger partial charge < -0.3 is 10.4 Å². The van der Waals surface area contributed by atoms with Crippen LogP contribution in [0, 0.1) is 0 Å². The molecule has 1 amide bonds. The van der Waals surface area contributed by atoms with Crippen LogP contribution in [0.1, 0.15) is 18.9 Å². The van der Waals surface area contributed by atoms with Crippen molar-refractivity contribution in [3.05, 3.63) is 60.2 Å². The summed E-state index contributed by atoms with van der Waals surface area (Å²) in [6.45, 7) is 1.98. The van der Waals surface area contributed by atoms with E-state index >= 15 is 0 Å². The summed E-state index contributed by atoms with van der Waals surface area (Å²) in [4.78, 5) is 13.4. The fourth-order valence-corrected chi connectivity index (χ4v) is 2.93. The van der Waals surface area contributed by atoms with Gasteiger partial charge in [0.2, 0.25) is 5.91 Å². The first-order chi connectivity index (χ1) is 10.2. The topological polar surface area (TPSA) is 49.3 Å². The molecule has 2 aromatic carbocycles. The van der Waals surface area contributed by atoms with Crippen LogP contribution < -0.4 is 5.32 Å². The van der Waals surface area contributed by atoms with Crippen LogP contribution in [-0.2, 0) is 11.4 Å². The third-order valence-corrected chi connectivity index (χ3v) is 4.44. The number of anilines is 1. The number of benzene rings is 2. The average molecular weight is 301 g/mol. The molecule has 21 heavy (non-hydrogen) atoms. The molecule has 0 spiro atoms. The highest BCUT2D eigenvalue weighted by Crippen LogP contribution is 2.26. The number of aliphatic hydroxyl groups is 1. The van der Waals surface area contributed by atoms with Gasteiger partial charge in [0.25, 0.3) is 0 Å². The Morgan fingerprint density at radius 2 is 1.95 bits per heavy atom. The minimum atomic E-state index is -0.134. The van der Waals surface area contributed by atoms with Gasteiger partial charge in [-0.05, 0) is 36.2 Å². The zero-order valence-electron chi connectivity index (χ0n) is 12.0. The van der Waals surface area contributed by atoms with E-state index in [2.05, 4.69) is 5.32 Å². The van der Waals surface area contributed by atoms with Gasteiger partial charge in [0.05, 0.1) is 11.9 Å². The van der Waals surface area contributed by atoms with Crippen LogP contribution in [0.3, 0.4) is 0 Å². The van der Waals surface area contributed by atoms with Crippen LogP contribution in [0.15, 0.2) is 59.5 Å². The van der Waals surface area contributed by atoms with Crippen LogP contribution in [0.25, 0.3) is 0 Å². The van der Waals surface area contributed by atoms with E-state index in [1.54, 1.807) is 17.8 Å². The number of hydrogen-bond donors (Lipinski definition) is 2. The van der Waals surface area contributed by atoms with Crippen molar-refractivity contribution < 1.29 is 9.90 Å². The molecule has 2 rings (SSSR count). The zero-order chi connectivity index (χ0) is 15.1. The molecule has 2 aromatic rings. The van der Waals surface area contributed by atoms with Crippen molar-refractivity contribution in [3.8, 4) is 0 Å². The van der Waals surface area contributed by atoms with Crippen LogP contribution in [0.4, 0.5) is 5.69 Å². The van der Waals surface area contributed by atoms with Gasteiger partial charge in [-0.25, -0.2) is 0 Å². The zero-order valence-corrected chi connectivity index (χ0v) is 12.8. The summed E-state index contributed by atoms with van der Waals surface area (Å²) in [5.41, 5.74) is 1.51. The molecule has 0 saturated heterocycles. The number of carbonyl (C=O) groups excluding carboxylic acids is 1. The smallest absolute Gasteiger partial charge is 0.237 e. The molecule has 0 saturated carbocycles. The lowest BCUT2D eigenvalue weighted by Crippen LogP contribution is -2.24. The Balaban J connectivity index is 2.02. The maximum absolute atomic E-state index is 12.4. The Kier molecular flexibility index (Phi) is 5.84. The molecule has 1 atom stereocenters. The second-order valence-corrected chi connectivity index (χ2v) is 5.95. The predicted molar refractivity (Wildman–Crippen MR) is 87.4 cm³/mol. The molecule has 3 nitrogen and oxygen atoms in total. The van der Waals surface area contributed by atoms with E-state index in [-0.39, 0.29) is 17.8 Å². The molecular formula is C17H19NO2S. The summed E-state index contributed by atoms with van der Waals surface area (Å²) >= 11 is 1.56. The Hall–Kier alpha value is -1.78. The first-order valence-electron chi connectivity index (χ1n) is 6.95. The number of rotatable bonds is 6. The number of aliphatic hydroxyl groups excluding tert-OH is 1. The van der Waals surface area contributed by atoms with Gasteiger partial charge in [0.1, 0.15) is 0 Å². The Morgan fingerprint density at radius 1 is 1.19 bits per heavy atom. The summed E-state index contributed by atoms with van der Waals surface area (Å²) in [5.74, 6) is -0.0126.